The van der Waals surface area contributed by atoms with E-state index in [1.165, 1.54) is 25.9 Å². The van der Waals surface area contributed by atoms with Crippen LogP contribution in [0.1, 0.15) is 20.8 Å². The first-order chi connectivity index (χ1) is 6.32. The van der Waals surface area contributed by atoms with Crippen molar-refractivity contribution in [1.29, 1.82) is 0 Å². The number of carbonyl (C=O) groups excluding carboxylic acids is 2. The maximum Gasteiger partial charge on any atom is 0.325 e. The minimum Gasteiger partial charge on any atom is -0.468 e. The van der Waals surface area contributed by atoms with Crippen LogP contribution < -0.4 is 0 Å². The molecule has 1 amide bonds. The van der Waals surface area contributed by atoms with E-state index in [-0.39, 0.29) is 6.54 Å². The maximum absolute atomic E-state index is 11.5. The fraction of sp³-hybridized carbons (Fsp3) is 0.778. The highest BCUT2D eigenvalue weighted by molar-refractivity contribution is 5.87. The Balaban J connectivity index is 4.42. The molecule has 0 aliphatic heterocycles. The van der Waals surface area contributed by atoms with E-state index in [0.29, 0.717) is 6.54 Å². The third-order valence-corrected chi connectivity index (χ3v) is 1.74. The predicted molar refractivity (Wildman–Crippen MR) is 50.6 cm³/mol. The van der Waals surface area contributed by atoms with Crippen molar-refractivity contribution in [2.75, 3.05) is 20.2 Å². The molecule has 1 N–H and O–H groups in total. The summed E-state index contributed by atoms with van der Waals surface area (Å²) in [6.07, 6.45) is 0. The van der Waals surface area contributed by atoms with Crippen molar-refractivity contribution in [3.63, 3.8) is 0 Å². The standard InChI is InChI=1S/C9H17NO4/c1-5-10(6-7(11)14-4)8(12)9(2,3)13/h13H,5-6H2,1-4H3. The number of nitrogens with zero attached hydrogens (tertiary/aromatic N) is 1. The van der Waals surface area contributed by atoms with E-state index < -0.39 is 17.5 Å². The zero-order valence-electron chi connectivity index (χ0n) is 9.03. The van der Waals surface area contributed by atoms with Crippen LogP contribution in [0.3, 0.4) is 0 Å². The van der Waals surface area contributed by atoms with E-state index in [0.717, 1.165) is 0 Å². The number of aliphatic hydroxyl groups is 1. The minimum absolute atomic E-state index is 0.129. The molecule has 0 atom stereocenters. The van der Waals surface area contributed by atoms with Gasteiger partial charge >= 0.3 is 5.97 Å². The van der Waals surface area contributed by atoms with Gasteiger partial charge in [-0.1, -0.05) is 0 Å². The highest BCUT2D eigenvalue weighted by atomic mass is 16.5. The van der Waals surface area contributed by atoms with Crippen LogP contribution in [0.4, 0.5) is 0 Å². The Bertz CT molecular complexity index is 219. The van der Waals surface area contributed by atoms with Gasteiger partial charge in [-0.15, -0.1) is 0 Å². The number of rotatable bonds is 4. The number of amides is 1. The van der Waals surface area contributed by atoms with Crippen LogP contribution in [0.2, 0.25) is 0 Å². The lowest BCUT2D eigenvalue weighted by atomic mass is 10.1. The lowest BCUT2D eigenvalue weighted by Crippen LogP contribution is -2.47. The van der Waals surface area contributed by atoms with Gasteiger partial charge in [0.1, 0.15) is 12.1 Å². The van der Waals surface area contributed by atoms with Gasteiger partial charge in [0.15, 0.2) is 0 Å². The van der Waals surface area contributed by atoms with Crippen LogP contribution in [0.5, 0.6) is 0 Å². The van der Waals surface area contributed by atoms with Gasteiger partial charge in [-0.25, -0.2) is 0 Å². The fourth-order valence-corrected chi connectivity index (χ4v) is 0.935. The monoisotopic (exact) mass is 203 g/mol. The molecule has 82 valence electrons. The molecule has 0 rings (SSSR count). The van der Waals surface area contributed by atoms with Crippen molar-refractivity contribution in [2.24, 2.45) is 0 Å². The molecule has 0 spiro atoms. The van der Waals surface area contributed by atoms with Crippen molar-refractivity contribution in [1.82, 2.24) is 4.90 Å². The topological polar surface area (TPSA) is 66.8 Å². The fourth-order valence-electron chi connectivity index (χ4n) is 0.935. The van der Waals surface area contributed by atoms with Gasteiger partial charge in [-0.05, 0) is 20.8 Å². The number of hydrogen-bond donors (Lipinski definition) is 1. The van der Waals surface area contributed by atoms with Crippen molar-refractivity contribution in [3.8, 4) is 0 Å². The lowest BCUT2D eigenvalue weighted by Gasteiger charge is -2.26. The average molecular weight is 203 g/mol. The number of ether oxygens (including phenoxy) is 1. The zero-order chi connectivity index (χ0) is 11.4. The van der Waals surface area contributed by atoms with Gasteiger partial charge in [0.2, 0.25) is 0 Å². The summed E-state index contributed by atoms with van der Waals surface area (Å²) in [6, 6.07) is 0. The maximum atomic E-state index is 11.5. The van der Waals surface area contributed by atoms with Crippen molar-refractivity contribution in [2.45, 2.75) is 26.4 Å². The van der Waals surface area contributed by atoms with Gasteiger partial charge in [-0.3, -0.25) is 9.59 Å². The van der Waals surface area contributed by atoms with Gasteiger partial charge in [0.25, 0.3) is 5.91 Å². The zero-order valence-corrected chi connectivity index (χ0v) is 9.03. The van der Waals surface area contributed by atoms with E-state index in [1.54, 1.807) is 6.92 Å². The SMILES string of the molecule is CCN(CC(=O)OC)C(=O)C(C)(C)O. The second kappa shape index (κ2) is 4.95. The molecule has 0 aromatic carbocycles. The number of hydrogen-bond acceptors (Lipinski definition) is 4. The van der Waals surface area contributed by atoms with E-state index in [4.69, 9.17) is 0 Å². The Morgan fingerprint density at radius 3 is 2.21 bits per heavy atom. The molecule has 0 fully saturated rings. The summed E-state index contributed by atoms with van der Waals surface area (Å²) in [7, 11) is 1.25. The summed E-state index contributed by atoms with van der Waals surface area (Å²) in [5.74, 6) is -0.977. The Hall–Kier alpha value is -1.10. The molecule has 0 saturated heterocycles. The Morgan fingerprint density at radius 1 is 1.43 bits per heavy atom. The number of carbonyl (C=O) groups is 2. The molecule has 5 nitrogen and oxygen atoms in total. The van der Waals surface area contributed by atoms with Crippen LogP contribution in [0.25, 0.3) is 0 Å². The largest absolute Gasteiger partial charge is 0.468 e. The smallest absolute Gasteiger partial charge is 0.325 e. The average Bonchev–Trinajstić information content (AvgIpc) is 2.11. The molecule has 0 aromatic heterocycles. The van der Waals surface area contributed by atoms with Gasteiger partial charge in [-0.2, -0.15) is 0 Å². The third-order valence-electron chi connectivity index (χ3n) is 1.74. The third kappa shape index (κ3) is 3.74. The van der Waals surface area contributed by atoms with E-state index >= 15 is 0 Å². The first-order valence-electron chi connectivity index (χ1n) is 4.41. The van der Waals surface area contributed by atoms with E-state index in [1.807, 2.05) is 0 Å². The highest BCUT2D eigenvalue weighted by Gasteiger charge is 2.29. The Morgan fingerprint density at radius 2 is 1.93 bits per heavy atom. The summed E-state index contributed by atoms with van der Waals surface area (Å²) in [5.41, 5.74) is -1.45. The molecule has 0 radical (unpaired) electrons. The quantitative estimate of drug-likeness (QED) is 0.641. The molecule has 0 unspecified atom stereocenters. The molecule has 0 saturated carbocycles. The lowest BCUT2D eigenvalue weighted by molar-refractivity contribution is -0.154. The van der Waals surface area contributed by atoms with Crippen molar-refractivity contribution in [3.05, 3.63) is 0 Å². The summed E-state index contributed by atoms with van der Waals surface area (Å²) >= 11 is 0. The Labute approximate surface area is 83.6 Å². The summed E-state index contributed by atoms with van der Waals surface area (Å²) in [5, 5.41) is 9.43. The Kier molecular flexibility index (Phi) is 4.56. The molecule has 0 heterocycles. The number of likely N-dealkylation sites (N-methyl/N-ethyl adjacent to an activating group) is 1. The highest BCUT2D eigenvalue weighted by Crippen LogP contribution is 2.07. The van der Waals surface area contributed by atoms with Crippen LogP contribution in [0.15, 0.2) is 0 Å². The molecule has 0 aliphatic carbocycles. The molecule has 0 aliphatic rings. The van der Waals surface area contributed by atoms with Crippen molar-refractivity contribution >= 4 is 11.9 Å². The van der Waals surface area contributed by atoms with Crippen LogP contribution in [0, 0.1) is 0 Å². The van der Waals surface area contributed by atoms with Gasteiger partial charge < -0.3 is 14.7 Å². The molecular weight excluding hydrogens is 186 g/mol. The molecule has 0 aromatic rings. The number of esters is 1. The second-order valence-corrected chi connectivity index (χ2v) is 3.45. The summed E-state index contributed by atoms with van der Waals surface area (Å²) in [6.45, 7) is 4.73. The van der Waals surface area contributed by atoms with Crippen LogP contribution in [-0.2, 0) is 14.3 Å². The van der Waals surface area contributed by atoms with Gasteiger partial charge in [0, 0.05) is 6.54 Å². The van der Waals surface area contributed by atoms with Gasteiger partial charge in [0.05, 0.1) is 7.11 Å². The number of methoxy groups -OCH3 is 1. The summed E-state index contributed by atoms with van der Waals surface area (Å²) < 4.78 is 4.43. The van der Waals surface area contributed by atoms with E-state index in [9.17, 15) is 14.7 Å². The van der Waals surface area contributed by atoms with Crippen molar-refractivity contribution < 1.29 is 19.4 Å². The minimum atomic E-state index is -1.45. The van der Waals surface area contributed by atoms with E-state index in [2.05, 4.69) is 4.74 Å². The predicted octanol–water partition coefficient (Wildman–Crippen LogP) is -0.221. The summed E-state index contributed by atoms with van der Waals surface area (Å²) in [4.78, 5) is 23.7. The second-order valence-electron chi connectivity index (χ2n) is 3.45. The van der Waals surface area contributed by atoms with Crippen LogP contribution in [-0.4, -0.2) is 47.7 Å². The normalized spacial score (nSPS) is 10.9. The molecular formula is C9H17NO4. The van der Waals surface area contributed by atoms with Crippen LogP contribution >= 0.6 is 0 Å². The first kappa shape index (κ1) is 12.9. The molecule has 5 heteroatoms. The first-order valence-corrected chi connectivity index (χ1v) is 4.41. The molecule has 0 bridgehead atoms. The molecule has 14 heavy (non-hydrogen) atoms.